The minimum absolute atomic E-state index is 0.289. The molecule has 0 fully saturated rings. The molecule has 3 rings (SSSR count). The molecule has 1 aromatic heterocycles. The van der Waals surface area contributed by atoms with Crippen LogP contribution in [0.25, 0.3) is 11.4 Å². The molecule has 2 aromatic carbocycles. The van der Waals surface area contributed by atoms with E-state index in [0.29, 0.717) is 29.7 Å². The number of carbonyl (C=O) groups is 2. The van der Waals surface area contributed by atoms with Crippen LogP contribution in [0.15, 0.2) is 71.7 Å². The van der Waals surface area contributed by atoms with Gasteiger partial charge in [0.25, 0.3) is 0 Å². The van der Waals surface area contributed by atoms with Crippen molar-refractivity contribution in [1.29, 1.82) is 0 Å². The van der Waals surface area contributed by atoms with E-state index in [1.54, 1.807) is 7.11 Å². The number of rotatable bonds is 7. The first kappa shape index (κ1) is 24.0. The lowest BCUT2D eigenvalue weighted by Gasteiger charge is -2.06. The van der Waals surface area contributed by atoms with Crippen molar-refractivity contribution < 1.29 is 24.5 Å². The molecule has 10 nitrogen and oxygen atoms in total. The molecule has 0 saturated carbocycles. The molecule has 0 atom stereocenters. The molecule has 11 heteroatoms. The Bertz CT molecular complexity index is 1080. The van der Waals surface area contributed by atoms with Crippen molar-refractivity contribution in [2.24, 2.45) is 10.7 Å². The van der Waals surface area contributed by atoms with Gasteiger partial charge in [-0.3, -0.25) is 0 Å². The van der Waals surface area contributed by atoms with Crippen molar-refractivity contribution >= 4 is 34.6 Å². The average Bonchev–Trinajstić information content (AvgIpc) is 3.26. The van der Waals surface area contributed by atoms with Gasteiger partial charge in [0.2, 0.25) is 5.13 Å². The van der Waals surface area contributed by atoms with Crippen LogP contribution in [0, 0.1) is 0 Å². The predicted octanol–water partition coefficient (Wildman–Crippen LogP) is 2.85. The molecule has 166 valence electrons. The molecule has 0 aliphatic carbocycles. The van der Waals surface area contributed by atoms with Gasteiger partial charge in [-0.05, 0) is 6.07 Å². The molecular weight excluding hydrogens is 434 g/mol. The highest BCUT2D eigenvalue weighted by atomic mass is 32.1. The van der Waals surface area contributed by atoms with Crippen molar-refractivity contribution in [3.8, 4) is 17.1 Å². The van der Waals surface area contributed by atoms with Gasteiger partial charge in [-0.15, -0.1) is 0 Å². The zero-order chi connectivity index (χ0) is 23.3. The number of aromatic nitrogens is 2. The summed E-state index contributed by atoms with van der Waals surface area (Å²) in [7, 11) is 1.64. The van der Waals surface area contributed by atoms with Gasteiger partial charge in [0, 0.05) is 34.8 Å². The summed E-state index contributed by atoms with van der Waals surface area (Å²) in [5, 5.41) is 19.2. The van der Waals surface area contributed by atoms with Gasteiger partial charge < -0.3 is 26.0 Å². The smallest absolute Gasteiger partial charge is 0.328 e. The van der Waals surface area contributed by atoms with Gasteiger partial charge in [-0.25, -0.2) is 14.6 Å². The van der Waals surface area contributed by atoms with Crippen LogP contribution in [0.2, 0.25) is 0 Å². The maximum atomic E-state index is 9.55. The number of nitrogens with zero attached hydrogens (tertiary/aromatic N) is 3. The molecule has 3 aromatic rings. The van der Waals surface area contributed by atoms with E-state index < -0.39 is 11.9 Å². The molecule has 0 saturated heterocycles. The summed E-state index contributed by atoms with van der Waals surface area (Å²) in [6, 6.07) is 17.5. The Kier molecular flexibility index (Phi) is 9.34. The molecule has 5 N–H and O–H groups in total. The molecule has 0 unspecified atom stereocenters. The van der Waals surface area contributed by atoms with Crippen LogP contribution >= 0.6 is 11.5 Å². The Hall–Kier alpha value is -4.25. The van der Waals surface area contributed by atoms with E-state index in [4.69, 9.17) is 20.7 Å². The largest absolute Gasteiger partial charge is 0.496 e. The van der Waals surface area contributed by atoms with E-state index in [2.05, 4.69) is 19.7 Å². The second-order valence-electron chi connectivity index (χ2n) is 5.94. The molecule has 0 spiro atoms. The van der Waals surface area contributed by atoms with Crippen molar-refractivity contribution in [3.63, 3.8) is 0 Å². The Morgan fingerprint density at radius 2 is 1.72 bits per heavy atom. The number of hydrogen-bond acceptors (Lipinski definition) is 7. The third-order valence-corrected chi connectivity index (χ3v) is 4.30. The van der Waals surface area contributed by atoms with Crippen LogP contribution in [-0.2, 0) is 16.1 Å². The lowest BCUT2D eigenvalue weighted by Crippen LogP contribution is -2.22. The highest BCUT2D eigenvalue weighted by molar-refractivity contribution is 7.10. The molecule has 0 radical (unpaired) electrons. The van der Waals surface area contributed by atoms with Gasteiger partial charge in [-0.1, -0.05) is 48.5 Å². The average molecular weight is 455 g/mol. The third kappa shape index (κ3) is 8.24. The summed E-state index contributed by atoms with van der Waals surface area (Å²) in [4.78, 5) is 27.8. The second-order valence-corrected chi connectivity index (χ2v) is 6.69. The predicted molar refractivity (Wildman–Crippen MR) is 122 cm³/mol. The summed E-state index contributed by atoms with van der Waals surface area (Å²) in [5.41, 5.74) is 7.86. The van der Waals surface area contributed by atoms with Crippen molar-refractivity contribution in [3.05, 3.63) is 72.3 Å². The van der Waals surface area contributed by atoms with E-state index in [9.17, 15) is 9.59 Å². The fraction of sp³-hybridized carbons (Fsp3) is 0.0952. The zero-order valence-electron chi connectivity index (χ0n) is 17.0. The van der Waals surface area contributed by atoms with Crippen molar-refractivity contribution in [1.82, 2.24) is 9.36 Å². The van der Waals surface area contributed by atoms with Gasteiger partial charge in [0.05, 0.1) is 13.7 Å². The molecule has 1 heterocycles. The van der Waals surface area contributed by atoms with Crippen LogP contribution in [0.1, 0.15) is 5.56 Å². The number of carboxylic acids is 2. The number of para-hydroxylation sites is 1. The molecule has 0 amide bonds. The van der Waals surface area contributed by atoms with Crippen LogP contribution in [0.5, 0.6) is 5.75 Å². The fourth-order valence-electron chi connectivity index (χ4n) is 2.27. The first-order valence-corrected chi connectivity index (χ1v) is 9.88. The highest BCUT2D eigenvalue weighted by Gasteiger charge is 2.07. The number of nitrogens with one attached hydrogen (secondary N) is 1. The summed E-state index contributed by atoms with van der Waals surface area (Å²) < 4.78 is 9.62. The van der Waals surface area contributed by atoms with Crippen LogP contribution < -0.4 is 15.8 Å². The summed E-state index contributed by atoms with van der Waals surface area (Å²) in [6.07, 6.45) is 1.12. The lowest BCUT2D eigenvalue weighted by atomic mass is 10.2. The van der Waals surface area contributed by atoms with Gasteiger partial charge in [0.1, 0.15) is 5.75 Å². The van der Waals surface area contributed by atoms with Crippen molar-refractivity contribution in [2.45, 2.75) is 6.54 Å². The summed E-state index contributed by atoms with van der Waals surface area (Å²) in [5.74, 6) is -0.770. The number of hydrogen-bond donors (Lipinski definition) is 4. The fourth-order valence-corrected chi connectivity index (χ4v) is 2.87. The Balaban J connectivity index is 0.000000390. The number of benzene rings is 2. The van der Waals surface area contributed by atoms with Crippen LogP contribution in [0.4, 0.5) is 5.13 Å². The lowest BCUT2D eigenvalue weighted by molar-refractivity contribution is -0.134. The second kappa shape index (κ2) is 12.4. The first-order valence-electron chi connectivity index (χ1n) is 9.11. The number of nitrogens with two attached hydrogens (primary N) is 1. The van der Waals surface area contributed by atoms with E-state index in [-0.39, 0.29) is 5.96 Å². The quantitative estimate of drug-likeness (QED) is 0.238. The van der Waals surface area contributed by atoms with Gasteiger partial charge in [0.15, 0.2) is 11.8 Å². The monoisotopic (exact) mass is 455 g/mol. The Labute approximate surface area is 187 Å². The first-order chi connectivity index (χ1) is 15.4. The highest BCUT2D eigenvalue weighted by Crippen LogP contribution is 2.21. The van der Waals surface area contributed by atoms with Gasteiger partial charge >= 0.3 is 11.9 Å². The number of aliphatic carboxylic acids is 2. The molecule has 0 aliphatic rings. The summed E-state index contributed by atoms with van der Waals surface area (Å²) in [6.45, 7) is 0.424. The van der Waals surface area contributed by atoms with Crippen LogP contribution in [0.3, 0.4) is 0 Å². The maximum absolute atomic E-state index is 9.55. The number of methoxy groups -OCH3 is 1. The maximum Gasteiger partial charge on any atom is 0.328 e. The summed E-state index contributed by atoms with van der Waals surface area (Å²) >= 11 is 1.24. The third-order valence-electron chi connectivity index (χ3n) is 3.67. The van der Waals surface area contributed by atoms with E-state index in [0.717, 1.165) is 16.9 Å². The number of ether oxygens (including phenoxy) is 1. The van der Waals surface area contributed by atoms with E-state index >= 15 is 0 Å². The molecule has 0 aliphatic heterocycles. The minimum Gasteiger partial charge on any atom is -0.496 e. The Morgan fingerprint density at radius 1 is 1.09 bits per heavy atom. The minimum atomic E-state index is -1.26. The topological polar surface area (TPSA) is 160 Å². The standard InChI is InChI=1S/C17H17N5OS.C4H4O4/c1-23-14-10-6-5-9-13(14)11-19-16(18)21-17-20-15(22-24-17)12-7-3-2-4-8-12;5-3(6)1-2-4(7)8/h2-10H,11H2,1H3,(H3,18,19,20,21,22);1-2H,(H,5,6)(H,7,8)/b;2-1+. The van der Waals surface area contributed by atoms with E-state index in [1.807, 2.05) is 54.6 Å². The number of anilines is 1. The van der Waals surface area contributed by atoms with Crippen LogP contribution in [-0.4, -0.2) is 44.6 Å². The normalized spacial score (nSPS) is 10.8. The zero-order valence-corrected chi connectivity index (χ0v) is 17.8. The van der Waals surface area contributed by atoms with Gasteiger partial charge in [-0.2, -0.15) is 9.36 Å². The van der Waals surface area contributed by atoms with Crippen molar-refractivity contribution in [2.75, 3.05) is 12.4 Å². The number of guanidine groups is 1. The number of aliphatic imine (C=N–C) groups is 1. The van der Waals surface area contributed by atoms with E-state index in [1.165, 1.54) is 11.5 Å². The molecule has 32 heavy (non-hydrogen) atoms. The molecular formula is C21H21N5O5S. The SMILES string of the molecule is COc1ccccc1CN=C(N)Nc1nc(-c2ccccc2)ns1.O=C(O)/C=C/C(=O)O. The number of carboxylic acid groups (broad SMARTS) is 2. The Morgan fingerprint density at radius 3 is 2.34 bits per heavy atom. The molecule has 0 bridgehead atoms.